The number of aromatic nitrogens is 5. The van der Waals surface area contributed by atoms with Crippen LogP contribution in [-0.2, 0) is 6.54 Å². The van der Waals surface area contributed by atoms with Gasteiger partial charge in [-0.15, -0.1) is 5.10 Å². The first-order valence-electron chi connectivity index (χ1n) is 8.46. The van der Waals surface area contributed by atoms with Crippen molar-refractivity contribution in [3.05, 3.63) is 47.3 Å². The van der Waals surface area contributed by atoms with Crippen molar-refractivity contribution in [2.75, 3.05) is 18.0 Å². The molecule has 0 aliphatic carbocycles. The van der Waals surface area contributed by atoms with Crippen molar-refractivity contribution in [2.24, 2.45) is 0 Å². The number of anilines is 1. The van der Waals surface area contributed by atoms with Crippen LogP contribution in [0.1, 0.15) is 24.7 Å². The van der Waals surface area contributed by atoms with Gasteiger partial charge in [0.25, 0.3) is 0 Å². The summed E-state index contributed by atoms with van der Waals surface area (Å²) in [5.74, 6) is 1.24. The zero-order valence-electron chi connectivity index (χ0n) is 14.4. The zero-order chi connectivity index (χ0) is 18.3. The number of hydrogen-bond acceptors (Lipinski definition) is 6. The smallest absolute Gasteiger partial charge is 0.184 e. The van der Waals surface area contributed by atoms with E-state index < -0.39 is 0 Å². The molecule has 1 fully saturated rings. The summed E-state index contributed by atoms with van der Waals surface area (Å²) in [5, 5.41) is 19.1. The standard InChI is InChI=1S/C18H19ClN6O/c1-11(2)16-20-17(24-8-7-13(26)10-24)15-18(21-16)25(23-22-15)9-12-5-3-4-6-14(12)19/h3-6,13,26H,1,7-10H2,2H3/t13-/m0/s1. The molecule has 0 unspecified atom stereocenters. The molecule has 0 amide bonds. The molecule has 2 aromatic heterocycles. The summed E-state index contributed by atoms with van der Waals surface area (Å²) in [6.07, 6.45) is 0.355. The van der Waals surface area contributed by atoms with Crippen LogP contribution >= 0.6 is 11.6 Å². The van der Waals surface area contributed by atoms with Crippen LogP contribution in [0.5, 0.6) is 0 Å². The SMILES string of the molecule is C=C(C)c1nc(N2CC[C@H](O)C2)c2nnn(Cc3ccccc3Cl)c2n1. The third kappa shape index (κ3) is 3.04. The lowest BCUT2D eigenvalue weighted by atomic mass is 10.2. The van der Waals surface area contributed by atoms with E-state index in [4.69, 9.17) is 11.6 Å². The lowest BCUT2D eigenvalue weighted by Gasteiger charge is -2.17. The quantitative estimate of drug-likeness (QED) is 0.760. The van der Waals surface area contributed by atoms with Gasteiger partial charge in [-0.05, 0) is 30.5 Å². The van der Waals surface area contributed by atoms with Gasteiger partial charge in [-0.2, -0.15) is 0 Å². The van der Waals surface area contributed by atoms with E-state index in [0.717, 1.165) is 17.7 Å². The molecular weight excluding hydrogens is 352 g/mol. The minimum absolute atomic E-state index is 0.355. The number of benzene rings is 1. The van der Waals surface area contributed by atoms with Gasteiger partial charge >= 0.3 is 0 Å². The maximum absolute atomic E-state index is 9.88. The number of β-amino-alcohol motifs (C(OH)–C–C–N with tert-alkyl or cyclic N) is 1. The molecule has 134 valence electrons. The Kier molecular flexibility index (Phi) is 4.34. The third-order valence-corrected chi connectivity index (χ3v) is 4.84. The van der Waals surface area contributed by atoms with E-state index in [9.17, 15) is 5.11 Å². The number of aliphatic hydroxyl groups is 1. The summed E-state index contributed by atoms with van der Waals surface area (Å²) in [6.45, 7) is 7.54. The molecule has 1 aliphatic heterocycles. The number of hydrogen-bond donors (Lipinski definition) is 1. The second-order valence-corrected chi connectivity index (χ2v) is 6.96. The number of allylic oxidation sites excluding steroid dienone is 1. The minimum Gasteiger partial charge on any atom is -0.391 e. The molecule has 1 aromatic carbocycles. The molecule has 0 saturated carbocycles. The van der Waals surface area contributed by atoms with E-state index in [0.29, 0.717) is 47.3 Å². The molecule has 0 spiro atoms. The van der Waals surface area contributed by atoms with Crippen molar-refractivity contribution < 1.29 is 5.11 Å². The Hall–Kier alpha value is -2.51. The van der Waals surface area contributed by atoms with Crippen LogP contribution in [-0.4, -0.2) is 49.3 Å². The lowest BCUT2D eigenvalue weighted by Crippen LogP contribution is -2.23. The van der Waals surface area contributed by atoms with E-state index >= 15 is 0 Å². The summed E-state index contributed by atoms with van der Waals surface area (Å²) in [6, 6.07) is 7.63. The Morgan fingerprint density at radius 2 is 2.15 bits per heavy atom. The molecule has 0 bridgehead atoms. The molecule has 3 aromatic rings. The minimum atomic E-state index is -0.355. The predicted molar refractivity (Wildman–Crippen MR) is 101 cm³/mol. The fourth-order valence-corrected chi connectivity index (χ4v) is 3.28. The number of rotatable bonds is 4. The van der Waals surface area contributed by atoms with Gasteiger partial charge in [0.05, 0.1) is 12.6 Å². The molecule has 7 nitrogen and oxygen atoms in total. The number of fused-ring (bicyclic) bond motifs is 1. The van der Waals surface area contributed by atoms with Gasteiger partial charge < -0.3 is 10.0 Å². The zero-order valence-corrected chi connectivity index (χ0v) is 15.2. The molecule has 26 heavy (non-hydrogen) atoms. The third-order valence-electron chi connectivity index (χ3n) is 4.47. The highest BCUT2D eigenvalue weighted by Gasteiger charge is 2.26. The average Bonchev–Trinajstić information content (AvgIpc) is 3.22. The summed E-state index contributed by atoms with van der Waals surface area (Å²) in [7, 11) is 0. The molecule has 3 heterocycles. The van der Waals surface area contributed by atoms with Crippen molar-refractivity contribution in [3.8, 4) is 0 Å². The molecule has 1 aliphatic rings. The van der Waals surface area contributed by atoms with E-state index in [1.165, 1.54) is 0 Å². The molecule has 0 radical (unpaired) electrons. The van der Waals surface area contributed by atoms with E-state index in [2.05, 4.69) is 26.9 Å². The van der Waals surface area contributed by atoms with Crippen molar-refractivity contribution in [2.45, 2.75) is 26.0 Å². The molecule has 1 N–H and O–H groups in total. The first-order chi connectivity index (χ1) is 12.5. The van der Waals surface area contributed by atoms with Crippen LogP contribution in [0.15, 0.2) is 30.8 Å². The van der Waals surface area contributed by atoms with Gasteiger partial charge in [0.1, 0.15) is 0 Å². The van der Waals surface area contributed by atoms with Crippen molar-refractivity contribution in [3.63, 3.8) is 0 Å². The van der Waals surface area contributed by atoms with Crippen molar-refractivity contribution >= 4 is 34.2 Å². The molecule has 1 saturated heterocycles. The van der Waals surface area contributed by atoms with Crippen LogP contribution in [0.2, 0.25) is 5.02 Å². The Morgan fingerprint density at radius 1 is 1.35 bits per heavy atom. The summed E-state index contributed by atoms with van der Waals surface area (Å²) < 4.78 is 1.72. The average molecular weight is 371 g/mol. The van der Waals surface area contributed by atoms with Crippen LogP contribution in [0, 0.1) is 0 Å². The fourth-order valence-electron chi connectivity index (χ4n) is 3.08. The molecule has 4 rings (SSSR count). The van der Waals surface area contributed by atoms with Crippen molar-refractivity contribution in [1.82, 2.24) is 25.0 Å². The maximum Gasteiger partial charge on any atom is 0.184 e. The fraction of sp³-hybridized carbons (Fsp3) is 0.333. The number of halogens is 1. The maximum atomic E-state index is 9.88. The summed E-state index contributed by atoms with van der Waals surface area (Å²) >= 11 is 6.28. The predicted octanol–water partition coefficient (Wildman–Crippen LogP) is 2.53. The van der Waals surface area contributed by atoms with Gasteiger partial charge in [-0.25, -0.2) is 14.6 Å². The Balaban J connectivity index is 1.82. The Bertz CT molecular complexity index is 985. The number of nitrogens with zero attached hydrogens (tertiary/aromatic N) is 6. The highest BCUT2D eigenvalue weighted by atomic mass is 35.5. The second kappa shape index (κ2) is 6.66. The first kappa shape index (κ1) is 16.9. The van der Waals surface area contributed by atoms with Gasteiger partial charge in [0.2, 0.25) is 0 Å². The summed E-state index contributed by atoms with van der Waals surface area (Å²) in [5.41, 5.74) is 2.96. The Labute approximate surface area is 155 Å². The van der Waals surface area contributed by atoms with Crippen LogP contribution in [0.3, 0.4) is 0 Å². The summed E-state index contributed by atoms with van der Waals surface area (Å²) in [4.78, 5) is 11.2. The molecule has 8 heteroatoms. The Morgan fingerprint density at radius 3 is 2.85 bits per heavy atom. The topological polar surface area (TPSA) is 80.0 Å². The van der Waals surface area contributed by atoms with Gasteiger partial charge in [0.15, 0.2) is 22.8 Å². The van der Waals surface area contributed by atoms with Gasteiger partial charge in [-0.3, -0.25) is 0 Å². The van der Waals surface area contributed by atoms with Crippen LogP contribution in [0.25, 0.3) is 16.7 Å². The second-order valence-electron chi connectivity index (χ2n) is 6.55. The van der Waals surface area contributed by atoms with E-state index in [1.807, 2.05) is 36.1 Å². The largest absolute Gasteiger partial charge is 0.391 e. The normalized spacial score (nSPS) is 17.2. The highest BCUT2D eigenvalue weighted by Crippen LogP contribution is 2.27. The van der Waals surface area contributed by atoms with E-state index in [1.54, 1.807) is 4.68 Å². The van der Waals surface area contributed by atoms with Gasteiger partial charge in [-0.1, -0.05) is 41.6 Å². The monoisotopic (exact) mass is 370 g/mol. The molecule has 1 atom stereocenters. The van der Waals surface area contributed by atoms with Crippen LogP contribution in [0.4, 0.5) is 5.82 Å². The van der Waals surface area contributed by atoms with E-state index in [-0.39, 0.29) is 6.10 Å². The first-order valence-corrected chi connectivity index (χ1v) is 8.84. The van der Waals surface area contributed by atoms with Gasteiger partial charge in [0, 0.05) is 18.1 Å². The lowest BCUT2D eigenvalue weighted by molar-refractivity contribution is 0.198. The van der Waals surface area contributed by atoms with Crippen LogP contribution < -0.4 is 4.90 Å². The number of aliphatic hydroxyl groups excluding tert-OH is 1. The van der Waals surface area contributed by atoms with Crippen molar-refractivity contribution in [1.29, 1.82) is 0 Å². The molecular formula is C18H19ClN6O. The highest BCUT2D eigenvalue weighted by molar-refractivity contribution is 6.31.